The zero-order chi connectivity index (χ0) is 9.19. The Labute approximate surface area is 74.3 Å². The second-order valence-corrected chi connectivity index (χ2v) is 3.98. The highest BCUT2D eigenvalue weighted by atomic mass is 16.5. The first-order chi connectivity index (χ1) is 5.64. The second kappa shape index (κ2) is 3.46. The van der Waals surface area contributed by atoms with Crippen LogP contribution in [0.1, 0.15) is 39.5 Å². The van der Waals surface area contributed by atoms with Crippen molar-refractivity contribution in [1.82, 2.24) is 0 Å². The van der Waals surface area contributed by atoms with E-state index in [-0.39, 0.29) is 17.3 Å². The lowest BCUT2D eigenvalue weighted by molar-refractivity contribution is -0.148. The minimum atomic E-state index is -0.0168. The van der Waals surface area contributed by atoms with Crippen molar-refractivity contribution in [2.45, 2.75) is 39.5 Å². The van der Waals surface area contributed by atoms with Crippen molar-refractivity contribution in [2.24, 2.45) is 11.3 Å². The molecule has 2 nitrogen and oxygen atoms in total. The van der Waals surface area contributed by atoms with E-state index in [0.29, 0.717) is 0 Å². The van der Waals surface area contributed by atoms with Gasteiger partial charge in [0.2, 0.25) is 0 Å². The van der Waals surface area contributed by atoms with E-state index < -0.39 is 0 Å². The molecule has 0 aromatic carbocycles. The monoisotopic (exact) mass is 170 g/mol. The van der Waals surface area contributed by atoms with Crippen LogP contribution in [-0.4, -0.2) is 13.1 Å². The molecule has 0 amide bonds. The summed E-state index contributed by atoms with van der Waals surface area (Å²) in [4.78, 5) is 11.4. The van der Waals surface area contributed by atoms with Crippen molar-refractivity contribution in [3.8, 4) is 0 Å². The highest BCUT2D eigenvalue weighted by Crippen LogP contribution is 2.45. The van der Waals surface area contributed by atoms with E-state index in [1.54, 1.807) is 0 Å². The van der Waals surface area contributed by atoms with E-state index in [9.17, 15) is 4.79 Å². The molecule has 2 atom stereocenters. The summed E-state index contributed by atoms with van der Waals surface area (Å²) < 4.78 is 4.79. The van der Waals surface area contributed by atoms with E-state index >= 15 is 0 Å². The molecule has 0 spiro atoms. The Morgan fingerprint density at radius 3 is 2.83 bits per heavy atom. The third-order valence-corrected chi connectivity index (χ3v) is 3.38. The van der Waals surface area contributed by atoms with Gasteiger partial charge < -0.3 is 4.74 Å². The van der Waals surface area contributed by atoms with E-state index in [1.165, 1.54) is 20.0 Å². The van der Waals surface area contributed by atoms with Gasteiger partial charge in [0.25, 0.3) is 0 Å². The van der Waals surface area contributed by atoms with E-state index in [1.807, 2.05) is 0 Å². The molecule has 12 heavy (non-hydrogen) atoms. The van der Waals surface area contributed by atoms with Crippen LogP contribution < -0.4 is 0 Å². The van der Waals surface area contributed by atoms with Gasteiger partial charge in [0.05, 0.1) is 13.0 Å². The van der Waals surface area contributed by atoms with E-state index in [4.69, 9.17) is 4.74 Å². The topological polar surface area (TPSA) is 26.3 Å². The van der Waals surface area contributed by atoms with Crippen LogP contribution in [0.25, 0.3) is 0 Å². The normalized spacial score (nSPS) is 35.1. The zero-order valence-corrected chi connectivity index (χ0v) is 8.22. The lowest BCUT2D eigenvalue weighted by Crippen LogP contribution is -2.28. The molecule has 0 unspecified atom stereocenters. The van der Waals surface area contributed by atoms with Crippen molar-refractivity contribution in [1.29, 1.82) is 0 Å². The van der Waals surface area contributed by atoms with Crippen molar-refractivity contribution in [3.63, 3.8) is 0 Å². The third-order valence-electron chi connectivity index (χ3n) is 3.38. The molecule has 1 saturated carbocycles. The molecule has 0 aromatic heterocycles. The van der Waals surface area contributed by atoms with Crippen molar-refractivity contribution in [2.75, 3.05) is 7.11 Å². The van der Waals surface area contributed by atoms with Gasteiger partial charge in [-0.2, -0.15) is 0 Å². The maximum Gasteiger partial charge on any atom is 0.309 e. The smallest absolute Gasteiger partial charge is 0.309 e. The minimum absolute atomic E-state index is 0.0168. The molecular weight excluding hydrogens is 152 g/mol. The zero-order valence-electron chi connectivity index (χ0n) is 8.22. The van der Waals surface area contributed by atoms with Gasteiger partial charge in [-0.25, -0.2) is 0 Å². The van der Waals surface area contributed by atoms with Crippen molar-refractivity contribution >= 4 is 5.97 Å². The molecule has 0 bridgehead atoms. The summed E-state index contributed by atoms with van der Waals surface area (Å²) in [5, 5.41) is 0. The van der Waals surface area contributed by atoms with Crippen molar-refractivity contribution in [3.05, 3.63) is 0 Å². The standard InChI is InChI=1S/C10H18O2/c1-4-10(2)7-5-6-8(10)9(11)12-3/h8H,4-7H2,1-3H3/t8-,10-/m1/s1. The van der Waals surface area contributed by atoms with Crippen LogP contribution in [-0.2, 0) is 9.53 Å². The fourth-order valence-corrected chi connectivity index (χ4v) is 2.20. The molecule has 1 aliphatic rings. The summed E-state index contributed by atoms with van der Waals surface area (Å²) >= 11 is 0. The molecular formula is C10H18O2. The molecule has 1 aliphatic carbocycles. The molecule has 0 N–H and O–H groups in total. The van der Waals surface area contributed by atoms with E-state index in [2.05, 4.69) is 13.8 Å². The maximum absolute atomic E-state index is 11.4. The summed E-state index contributed by atoms with van der Waals surface area (Å²) in [7, 11) is 1.48. The average molecular weight is 170 g/mol. The highest BCUT2D eigenvalue weighted by Gasteiger charge is 2.42. The number of ether oxygens (including phenoxy) is 1. The molecule has 0 radical (unpaired) electrons. The lowest BCUT2D eigenvalue weighted by Gasteiger charge is -2.28. The van der Waals surface area contributed by atoms with Crippen LogP contribution in [0, 0.1) is 11.3 Å². The Bertz CT molecular complexity index is 177. The van der Waals surface area contributed by atoms with Gasteiger partial charge in [-0.15, -0.1) is 0 Å². The summed E-state index contributed by atoms with van der Waals surface area (Å²) in [6.45, 7) is 4.35. The molecule has 2 heteroatoms. The van der Waals surface area contributed by atoms with Crippen LogP contribution in [0.4, 0.5) is 0 Å². The predicted octanol–water partition coefficient (Wildman–Crippen LogP) is 2.38. The molecule has 0 heterocycles. The molecule has 0 aromatic rings. The number of carbonyl (C=O) groups is 1. The Kier molecular flexibility index (Phi) is 2.76. The van der Waals surface area contributed by atoms with E-state index in [0.717, 1.165) is 12.8 Å². The Balaban J connectivity index is 2.69. The second-order valence-electron chi connectivity index (χ2n) is 3.98. The number of rotatable bonds is 2. The van der Waals surface area contributed by atoms with Gasteiger partial charge in [0, 0.05) is 0 Å². The first-order valence-electron chi connectivity index (χ1n) is 4.72. The fraction of sp³-hybridized carbons (Fsp3) is 0.900. The number of carbonyl (C=O) groups excluding carboxylic acids is 1. The lowest BCUT2D eigenvalue weighted by atomic mass is 9.77. The van der Waals surface area contributed by atoms with Crippen LogP contribution in [0.2, 0.25) is 0 Å². The van der Waals surface area contributed by atoms with Crippen molar-refractivity contribution < 1.29 is 9.53 Å². The van der Waals surface area contributed by atoms with Crippen LogP contribution >= 0.6 is 0 Å². The quantitative estimate of drug-likeness (QED) is 0.595. The van der Waals surface area contributed by atoms with Crippen LogP contribution in [0.15, 0.2) is 0 Å². The number of hydrogen-bond donors (Lipinski definition) is 0. The maximum atomic E-state index is 11.4. The Hall–Kier alpha value is -0.530. The minimum Gasteiger partial charge on any atom is -0.469 e. The summed E-state index contributed by atoms with van der Waals surface area (Å²) in [5.74, 6) is 0.129. The van der Waals surface area contributed by atoms with Crippen LogP contribution in [0.5, 0.6) is 0 Å². The van der Waals surface area contributed by atoms with Crippen LogP contribution in [0.3, 0.4) is 0 Å². The number of hydrogen-bond acceptors (Lipinski definition) is 2. The molecule has 1 rings (SSSR count). The highest BCUT2D eigenvalue weighted by molar-refractivity contribution is 5.73. The Morgan fingerprint density at radius 2 is 2.33 bits per heavy atom. The Morgan fingerprint density at radius 1 is 1.67 bits per heavy atom. The molecule has 0 aliphatic heterocycles. The van der Waals surface area contributed by atoms with Gasteiger partial charge in [-0.3, -0.25) is 4.79 Å². The fourth-order valence-electron chi connectivity index (χ4n) is 2.20. The number of esters is 1. The molecule has 1 fully saturated rings. The predicted molar refractivity (Wildman–Crippen MR) is 47.8 cm³/mol. The van der Waals surface area contributed by atoms with Gasteiger partial charge in [0.15, 0.2) is 0 Å². The van der Waals surface area contributed by atoms with Gasteiger partial charge in [-0.1, -0.05) is 20.3 Å². The SMILES string of the molecule is CC[C@]1(C)CCC[C@@H]1C(=O)OC. The summed E-state index contributed by atoms with van der Waals surface area (Å²) in [5.41, 5.74) is 0.201. The van der Waals surface area contributed by atoms with Gasteiger partial charge >= 0.3 is 5.97 Å². The summed E-state index contributed by atoms with van der Waals surface area (Å²) in [6, 6.07) is 0. The average Bonchev–Trinajstić information content (AvgIpc) is 2.47. The number of methoxy groups -OCH3 is 1. The first-order valence-corrected chi connectivity index (χ1v) is 4.72. The summed E-state index contributed by atoms with van der Waals surface area (Å²) in [6.07, 6.45) is 4.43. The van der Waals surface area contributed by atoms with Gasteiger partial charge in [0.1, 0.15) is 0 Å². The van der Waals surface area contributed by atoms with Gasteiger partial charge in [-0.05, 0) is 24.7 Å². The molecule has 70 valence electrons. The molecule has 0 saturated heterocycles. The largest absolute Gasteiger partial charge is 0.469 e. The first kappa shape index (κ1) is 9.56. The third kappa shape index (κ3) is 1.47.